The van der Waals surface area contributed by atoms with E-state index in [9.17, 15) is 14.7 Å². The van der Waals surface area contributed by atoms with E-state index in [1.165, 1.54) is 0 Å². The number of allylic oxidation sites excluding steroid dienone is 2. The van der Waals surface area contributed by atoms with Crippen molar-refractivity contribution < 1.29 is 29.3 Å². The number of piperazine rings is 1. The highest BCUT2D eigenvalue weighted by Crippen LogP contribution is 2.55. The number of aliphatic hydroxyl groups excluding tert-OH is 1. The summed E-state index contributed by atoms with van der Waals surface area (Å²) in [6.07, 6.45) is 0.299. The average molecular weight is 392 g/mol. The topological polar surface area (TPSA) is 164 Å². The maximum Gasteiger partial charge on any atom is 0.402 e. The van der Waals surface area contributed by atoms with Crippen LogP contribution in [0.25, 0.3) is 0 Å². The van der Waals surface area contributed by atoms with Crippen LogP contribution >= 0.6 is 0 Å². The minimum Gasteiger partial charge on any atom is -0.465 e. The first-order valence-corrected chi connectivity index (χ1v) is 8.83. The number of nitrogens with two attached hydrogens (primary N) is 1. The summed E-state index contributed by atoms with van der Waals surface area (Å²) in [5.41, 5.74) is 4.64. The van der Waals surface area contributed by atoms with Gasteiger partial charge in [-0.3, -0.25) is 9.59 Å². The van der Waals surface area contributed by atoms with Crippen LogP contribution in [0.1, 0.15) is 6.92 Å². The number of hydrogen-bond donors (Lipinski definition) is 5. The molecule has 3 aliphatic heterocycles. The van der Waals surface area contributed by atoms with Gasteiger partial charge >= 0.3 is 6.09 Å². The van der Waals surface area contributed by atoms with E-state index in [1.807, 2.05) is 4.90 Å². The summed E-state index contributed by atoms with van der Waals surface area (Å²) < 4.78 is 5.82. The molecular formula is C18H24N4O6. The normalized spacial score (nSPS) is 32.4. The average Bonchev–Trinajstić information content (AvgIpc) is 3.25. The number of carboxylic acid groups (broad SMARTS) is 1. The second-order valence-corrected chi connectivity index (χ2v) is 6.98. The van der Waals surface area contributed by atoms with Gasteiger partial charge in [-0.15, -0.1) is 6.58 Å². The monoisotopic (exact) mass is 392 g/mol. The number of amides is 1. The van der Waals surface area contributed by atoms with Crippen molar-refractivity contribution in [2.75, 3.05) is 26.8 Å². The molecule has 0 aromatic carbocycles. The van der Waals surface area contributed by atoms with E-state index in [4.69, 9.17) is 14.6 Å². The second-order valence-electron chi connectivity index (χ2n) is 6.98. The molecule has 3 heterocycles. The minimum atomic E-state index is -1.33. The lowest BCUT2D eigenvalue weighted by Gasteiger charge is -2.39. The smallest absolute Gasteiger partial charge is 0.402 e. The standard InChI is InChI=1S/C17H21N3O4.CH3NO2/c1-4-5-18-12-8(2)14(22)13-11(15(12)23)9(7-21)17(24-3)16-10(19-16)6-20(13)17;2-1(3)4/h4,9-10,16,18-19,21H,1,5-7H2,2-3H3;2H2,(H,3,4). The van der Waals surface area contributed by atoms with Crippen LogP contribution < -0.4 is 16.4 Å². The number of methoxy groups -OCH3 is 1. The van der Waals surface area contributed by atoms with E-state index in [0.29, 0.717) is 35.6 Å². The van der Waals surface area contributed by atoms with Crippen LogP contribution in [0.2, 0.25) is 0 Å². The van der Waals surface area contributed by atoms with Gasteiger partial charge in [0.25, 0.3) is 0 Å². The lowest BCUT2D eigenvalue weighted by Crippen LogP contribution is -2.54. The van der Waals surface area contributed by atoms with Crippen molar-refractivity contribution in [2.24, 2.45) is 11.7 Å². The first-order valence-electron chi connectivity index (χ1n) is 8.83. The third-order valence-corrected chi connectivity index (χ3v) is 5.64. The quantitative estimate of drug-likeness (QED) is 0.217. The van der Waals surface area contributed by atoms with Gasteiger partial charge in [0.2, 0.25) is 11.6 Å². The van der Waals surface area contributed by atoms with Gasteiger partial charge in [-0.2, -0.15) is 0 Å². The van der Waals surface area contributed by atoms with Gasteiger partial charge in [0, 0.05) is 37.4 Å². The molecule has 10 nitrogen and oxygen atoms in total. The van der Waals surface area contributed by atoms with E-state index < -0.39 is 17.7 Å². The van der Waals surface area contributed by atoms with E-state index in [1.54, 1.807) is 20.1 Å². The second kappa shape index (κ2) is 7.04. The molecule has 2 saturated heterocycles. The van der Waals surface area contributed by atoms with Crippen LogP contribution in [0.4, 0.5) is 4.79 Å². The Morgan fingerprint density at radius 2 is 2.14 bits per heavy atom. The van der Waals surface area contributed by atoms with Crippen molar-refractivity contribution >= 4 is 17.7 Å². The predicted octanol–water partition coefficient (Wildman–Crippen LogP) is -1.31. The number of ether oxygens (including phenoxy) is 1. The van der Waals surface area contributed by atoms with Gasteiger partial charge in [-0.1, -0.05) is 6.08 Å². The highest BCUT2D eigenvalue weighted by atomic mass is 16.5. The molecule has 28 heavy (non-hydrogen) atoms. The highest BCUT2D eigenvalue weighted by Gasteiger charge is 2.72. The zero-order chi connectivity index (χ0) is 20.8. The fourth-order valence-electron chi connectivity index (χ4n) is 4.53. The number of ketones is 2. The third-order valence-electron chi connectivity index (χ3n) is 5.64. The molecule has 0 aromatic heterocycles. The molecule has 1 aliphatic carbocycles. The molecular weight excluding hydrogens is 368 g/mol. The molecule has 4 aliphatic rings. The molecule has 0 spiro atoms. The Hall–Kier alpha value is -2.69. The van der Waals surface area contributed by atoms with Gasteiger partial charge in [0.05, 0.1) is 30.0 Å². The molecule has 4 atom stereocenters. The highest BCUT2D eigenvalue weighted by molar-refractivity contribution is 6.25. The molecule has 4 unspecified atom stereocenters. The first-order chi connectivity index (χ1) is 13.3. The number of primary amides is 1. The lowest BCUT2D eigenvalue weighted by atomic mass is 9.82. The Balaban J connectivity index is 0.000000516. The van der Waals surface area contributed by atoms with Crippen molar-refractivity contribution in [1.29, 1.82) is 0 Å². The molecule has 0 aromatic rings. The molecule has 1 amide bonds. The largest absolute Gasteiger partial charge is 0.465 e. The van der Waals surface area contributed by atoms with E-state index in [2.05, 4.69) is 22.9 Å². The first kappa shape index (κ1) is 20.1. The van der Waals surface area contributed by atoms with Crippen molar-refractivity contribution in [1.82, 2.24) is 15.5 Å². The number of aliphatic hydroxyl groups is 1. The van der Waals surface area contributed by atoms with Crippen LogP contribution in [-0.4, -0.2) is 77.4 Å². The molecule has 0 bridgehead atoms. The van der Waals surface area contributed by atoms with Crippen LogP contribution in [0, 0.1) is 5.92 Å². The number of nitrogens with zero attached hydrogens (tertiary/aromatic N) is 1. The van der Waals surface area contributed by atoms with Crippen LogP contribution in [0.15, 0.2) is 35.2 Å². The van der Waals surface area contributed by atoms with Gasteiger partial charge in [-0.05, 0) is 6.92 Å². The maximum absolute atomic E-state index is 13.1. The SMILES string of the molecule is C=CCNC1=C(C)C(=O)C2=C(C1=O)C(CO)C1(OC)C3NC3CN21.NC(=O)O. The summed E-state index contributed by atoms with van der Waals surface area (Å²) in [6, 6.07) is 0.260. The zero-order valence-electron chi connectivity index (χ0n) is 15.7. The fraction of sp³-hybridized carbons (Fsp3) is 0.500. The Kier molecular flexibility index (Phi) is 5.04. The van der Waals surface area contributed by atoms with Crippen molar-refractivity contribution in [3.63, 3.8) is 0 Å². The number of carbonyl (C=O) groups excluding carboxylic acids is 2. The summed E-state index contributed by atoms with van der Waals surface area (Å²) in [6.45, 7) is 6.04. The van der Waals surface area contributed by atoms with Gasteiger partial charge in [0.1, 0.15) is 0 Å². The number of nitrogens with one attached hydrogen (secondary N) is 2. The number of hydrogen-bond acceptors (Lipinski definition) is 8. The van der Waals surface area contributed by atoms with E-state index in [0.717, 1.165) is 0 Å². The van der Waals surface area contributed by atoms with E-state index in [-0.39, 0.29) is 30.3 Å². The summed E-state index contributed by atoms with van der Waals surface area (Å²) in [4.78, 5) is 36.7. The lowest BCUT2D eigenvalue weighted by molar-refractivity contribution is -0.137. The summed E-state index contributed by atoms with van der Waals surface area (Å²) in [5, 5.41) is 23.5. The third kappa shape index (κ3) is 2.64. The molecule has 0 radical (unpaired) electrons. The number of rotatable bonds is 5. The molecule has 4 rings (SSSR count). The van der Waals surface area contributed by atoms with Gasteiger partial charge in [0.15, 0.2) is 5.72 Å². The Morgan fingerprint density at radius 3 is 2.68 bits per heavy atom. The van der Waals surface area contributed by atoms with Crippen molar-refractivity contribution in [3.8, 4) is 0 Å². The summed E-state index contributed by atoms with van der Waals surface area (Å²) in [5.74, 6) is -0.951. The fourth-order valence-corrected chi connectivity index (χ4v) is 4.53. The van der Waals surface area contributed by atoms with Crippen LogP contribution in [0.3, 0.4) is 0 Å². The number of carbonyl (C=O) groups is 3. The predicted molar refractivity (Wildman–Crippen MR) is 97.9 cm³/mol. The summed E-state index contributed by atoms with van der Waals surface area (Å²) >= 11 is 0. The molecule has 6 N–H and O–H groups in total. The molecule has 152 valence electrons. The number of fused-ring (bicyclic) bond motifs is 4. The Morgan fingerprint density at radius 1 is 1.50 bits per heavy atom. The van der Waals surface area contributed by atoms with E-state index >= 15 is 0 Å². The Bertz CT molecular complexity index is 815. The zero-order valence-corrected chi connectivity index (χ0v) is 15.7. The van der Waals surface area contributed by atoms with Gasteiger partial charge < -0.3 is 36.2 Å². The molecule has 0 saturated carbocycles. The van der Waals surface area contributed by atoms with Crippen LogP contribution in [-0.2, 0) is 14.3 Å². The molecule has 10 heteroatoms. The summed E-state index contributed by atoms with van der Waals surface area (Å²) in [7, 11) is 1.57. The minimum absolute atomic E-state index is 0.0238. The van der Waals surface area contributed by atoms with Crippen molar-refractivity contribution in [2.45, 2.75) is 24.7 Å². The molecule has 2 fully saturated rings. The van der Waals surface area contributed by atoms with Crippen LogP contribution in [0.5, 0.6) is 0 Å². The Labute approximate surface area is 161 Å². The number of Topliss-reactive ketones (excluding diaryl/α,β-unsaturated/α-hetero) is 2. The van der Waals surface area contributed by atoms with Crippen molar-refractivity contribution in [3.05, 3.63) is 35.2 Å². The van der Waals surface area contributed by atoms with Gasteiger partial charge in [-0.25, -0.2) is 4.79 Å². The maximum atomic E-state index is 13.1.